The maximum Gasteiger partial charge on any atom is 0.271 e. The third-order valence-electron chi connectivity index (χ3n) is 2.86. The molecule has 0 aliphatic heterocycles. The number of methoxy groups -OCH3 is 1. The third kappa shape index (κ3) is 3.49. The van der Waals surface area contributed by atoms with Crippen molar-refractivity contribution < 1.29 is 13.2 Å². The Balaban J connectivity index is 2.38. The Bertz CT molecular complexity index is 757. The van der Waals surface area contributed by atoms with Crippen LogP contribution in [0.4, 0.5) is 5.69 Å². The summed E-state index contributed by atoms with van der Waals surface area (Å²) in [5, 5.41) is 2.23. The Morgan fingerprint density at radius 2 is 2.10 bits per heavy atom. The van der Waals surface area contributed by atoms with Crippen LogP contribution in [0.3, 0.4) is 0 Å². The molecule has 2 aromatic rings. The molecule has 1 aromatic heterocycles. The third-order valence-corrected chi connectivity index (χ3v) is 6.12. The van der Waals surface area contributed by atoms with Crippen LogP contribution in [-0.4, -0.2) is 15.5 Å². The van der Waals surface area contributed by atoms with Crippen LogP contribution in [0.5, 0.6) is 5.75 Å². The molecule has 1 heterocycles. The maximum absolute atomic E-state index is 12.4. The highest BCUT2D eigenvalue weighted by atomic mass is 35.5. The zero-order valence-corrected chi connectivity index (χ0v) is 13.9. The molecule has 0 aliphatic carbocycles. The minimum atomic E-state index is -3.67. The van der Waals surface area contributed by atoms with Crippen LogP contribution in [0.2, 0.25) is 5.02 Å². The van der Waals surface area contributed by atoms with E-state index in [2.05, 4.69) is 4.72 Å². The van der Waals surface area contributed by atoms with Gasteiger partial charge in [-0.3, -0.25) is 4.72 Å². The molecule has 0 fully saturated rings. The van der Waals surface area contributed by atoms with E-state index in [9.17, 15) is 8.42 Å². The molecule has 0 saturated carbocycles. The van der Waals surface area contributed by atoms with E-state index in [1.165, 1.54) is 7.11 Å². The first-order valence-corrected chi connectivity index (χ1v) is 8.76. The van der Waals surface area contributed by atoms with Crippen molar-refractivity contribution in [1.29, 1.82) is 0 Å². The second kappa shape index (κ2) is 6.23. The smallest absolute Gasteiger partial charge is 0.271 e. The van der Waals surface area contributed by atoms with Crippen LogP contribution < -0.4 is 15.2 Å². The molecule has 0 unspecified atom stereocenters. The van der Waals surface area contributed by atoms with Crippen LogP contribution >= 0.6 is 22.9 Å². The van der Waals surface area contributed by atoms with Gasteiger partial charge in [-0.2, -0.15) is 0 Å². The summed E-state index contributed by atoms with van der Waals surface area (Å²) in [4.78, 5) is 0. The molecule has 2 rings (SSSR count). The summed E-state index contributed by atoms with van der Waals surface area (Å²) >= 11 is 7.13. The fraction of sp³-hybridized carbons (Fsp3) is 0.231. The number of benzene rings is 1. The fourth-order valence-electron chi connectivity index (χ4n) is 1.71. The number of aryl methyl sites for hydroxylation is 1. The van der Waals surface area contributed by atoms with Crippen LogP contribution in [-0.2, 0) is 16.6 Å². The van der Waals surface area contributed by atoms with Gasteiger partial charge in [-0.1, -0.05) is 11.6 Å². The van der Waals surface area contributed by atoms with Gasteiger partial charge < -0.3 is 10.5 Å². The Hall–Kier alpha value is -1.28. The molecule has 0 atom stereocenters. The Morgan fingerprint density at radius 3 is 2.67 bits per heavy atom. The summed E-state index contributed by atoms with van der Waals surface area (Å²) in [7, 11) is -2.22. The molecule has 114 valence electrons. The minimum absolute atomic E-state index is 0.206. The predicted molar refractivity (Wildman–Crippen MR) is 85.8 cm³/mol. The summed E-state index contributed by atoms with van der Waals surface area (Å²) < 4.78 is 32.6. The van der Waals surface area contributed by atoms with E-state index < -0.39 is 10.0 Å². The first-order valence-electron chi connectivity index (χ1n) is 6.02. The van der Waals surface area contributed by atoms with Crippen LogP contribution in [0.15, 0.2) is 27.8 Å². The number of hydrogen-bond donors (Lipinski definition) is 2. The number of anilines is 1. The molecule has 1 aromatic carbocycles. The van der Waals surface area contributed by atoms with Gasteiger partial charge in [-0.25, -0.2) is 8.42 Å². The molecule has 3 N–H and O–H groups in total. The Morgan fingerprint density at radius 1 is 1.38 bits per heavy atom. The van der Waals surface area contributed by atoms with Gasteiger partial charge >= 0.3 is 0 Å². The minimum Gasteiger partial charge on any atom is -0.495 e. The molecule has 0 aliphatic rings. The second-order valence-corrected chi connectivity index (χ2v) is 7.61. The quantitative estimate of drug-likeness (QED) is 0.872. The number of halogens is 1. The largest absolute Gasteiger partial charge is 0.495 e. The average Bonchev–Trinajstić information content (AvgIpc) is 2.92. The number of nitrogens with one attached hydrogen (secondary N) is 1. The topological polar surface area (TPSA) is 81.4 Å². The molecule has 0 radical (unpaired) electrons. The van der Waals surface area contributed by atoms with Crippen LogP contribution in [0.1, 0.15) is 11.1 Å². The van der Waals surface area contributed by atoms with Gasteiger partial charge in [0.15, 0.2) is 0 Å². The average molecular weight is 347 g/mol. The number of hydrogen-bond acceptors (Lipinski definition) is 5. The number of nitrogens with two attached hydrogens (primary N) is 1. The lowest BCUT2D eigenvalue weighted by Gasteiger charge is -2.12. The van der Waals surface area contributed by atoms with Gasteiger partial charge in [-0.05, 0) is 35.6 Å². The lowest BCUT2D eigenvalue weighted by atomic mass is 10.2. The van der Waals surface area contributed by atoms with Crippen LogP contribution in [0, 0.1) is 6.92 Å². The van der Waals surface area contributed by atoms with E-state index >= 15 is 0 Å². The first-order chi connectivity index (χ1) is 9.87. The number of thiophene rings is 1. The summed E-state index contributed by atoms with van der Waals surface area (Å²) in [6, 6.07) is 4.77. The zero-order chi connectivity index (χ0) is 15.6. The van der Waals surface area contributed by atoms with E-state index in [-0.39, 0.29) is 4.21 Å². The Kier molecular flexibility index (Phi) is 4.77. The van der Waals surface area contributed by atoms with Gasteiger partial charge in [0, 0.05) is 17.6 Å². The molecular formula is C13H15ClN2O3S2. The van der Waals surface area contributed by atoms with E-state index in [0.717, 1.165) is 22.5 Å². The number of rotatable bonds is 5. The summed E-state index contributed by atoms with van der Waals surface area (Å²) in [6.45, 7) is 2.09. The second-order valence-electron chi connectivity index (χ2n) is 4.39. The number of ether oxygens (including phenoxy) is 1. The Labute approximate surface area is 132 Å². The van der Waals surface area contributed by atoms with Crippen LogP contribution in [0.25, 0.3) is 0 Å². The monoisotopic (exact) mass is 346 g/mol. The molecule has 21 heavy (non-hydrogen) atoms. The normalized spacial score (nSPS) is 11.4. The lowest BCUT2D eigenvalue weighted by molar-refractivity contribution is 0.417. The standard InChI is InChI=1S/C13H15ClN2O3S2/c1-8-3-11(12(19-2)5-10(8)14)16-21(17,18)13-4-9(6-15)7-20-13/h3-5,7,16H,6,15H2,1-2H3. The highest BCUT2D eigenvalue weighted by molar-refractivity contribution is 7.94. The van der Waals surface area contributed by atoms with Gasteiger partial charge in [-0.15, -0.1) is 11.3 Å². The highest BCUT2D eigenvalue weighted by Gasteiger charge is 2.19. The van der Waals surface area contributed by atoms with Crippen molar-refractivity contribution in [3.05, 3.63) is 39.7 Å². The van der Waals surface area contributed by atoms with E-state index in [1.807, 2.05) is 0 Å². The van der Waals surface area contributed by atoms with Gasteiger partial charge in [0.1, 0.15) is 9.96 Å². The van der Waals surface area contributed by atoms with Gasteiger partial charge in [0.05, 0.1) is 12.8 Å². The van der Waals surface area contributed by atoms with E-state index in [0.29, 0.717) is 23.0 Å². The molecule has 0 amide bonds. The van der Waals surface area contributed by atoms with Crippen molar-refractivity contribution >= 4 is 38.6 Å². The van der Waals surface area contributed by atoms with Crippen molar-refractivity contribution in [2.75, 3.05) is 11.8 Å². The fourth-order valence-corrected chi connectivity index (χ4v) is 4.15. The summed E-state index contributed by atoms with van der Waals surface area (Å²) in [6.07, 6.45) is 0. The molecule has 0 spiro atoms. The summed E-state index contributed by atoms with van der Waals surface area (Å²) in [5.74, 6) is 0.366. The van der Waals surface area contributed by atoms with Crippen molar-refractivity contribution in [3.8, 4) is 5.75 Å². The summed E-state index contributed by atoms with van der Waals surface area (Å²) in [5.41, 5.74) is 7.38. The highest BCUT2D eigenvalue weighted by Crippen LogP contribution is 2.33. The molecular weight excluding hydrogens is 332 g/mol. The van der Waals surface area contributed by atoms with Crippen molar-refractivity contribution in [2.24, 2.45) is 5.73 Å². The molecule has 0 saturated heterocycles. The van der Waals surface area contributed by atoms with Gasteiger partial charge in [0.25, 0.3) is 10.0 Å². The number of sulfonamides is 1. The van der Waals surface area contributed by atoms with Crippen molar-refractivity contribution in [2.45, 2.75) is 17.7 Å². The van der Waals surface area contributed by atoms with Crippen molar-refractivity contribution in [3.63, 3.8) is 0 Å². The molecule has 0 bridgehead atoms. The maximum atomic E-state index is 12.4. The lowest BCUT2D eigenvalue weighted by Crippen LogP contribution is -2.12. The van der Waals surface area contributed by atoms with E-state index in [4.69, 9.17) is 22.1 Å². The van der Waals surface area contributed by atoms with E-state index in [1.54, 1.807) is 30.5 Å². The molecule has 5 nitrogen and oxygen atoms in total. The molecule has 8 heteroatoms. The zero-order valence-electron chi connectivity index (χ0n) is 11.5. The SMILES string of the molecule is COc1cc(Cl)c(C)cc1NS(=O)(=O)c1cc(CN)cs1. The van der Waals surface area contributed by atoms with Crippen molar-refractivity contribution in [1.82, 2.24) is 0 Å². The predicted octanol–water partition coefficient (Wildman–Crippen LogP) is 2.98. The van der Waals surface area contributed by atoms with Gasteiger partial charge in [0.2, 0.25) is 0 Å². The first kappa shape index (κ1) is 16.1.